The van der Waals surface area contributed by atoms with Crippen molar-refractivity contribution in [2.24, 2.45) is 5.84 Å². The molecule has 4 N–H and O–H groups in total. The summed E-state index contributed by atoms with van der Waals surface area (Å²) in [4.78, 5) is 11.2. The van der Waals surface area contributed by atoms with Gasteiger partial charge in [-0.25, -0.2) is 15.8 Å². The normalized spacial score (nSPS) is 19.5. The van der Waals surface area contributed by atoms with Gasteiger partial charge in [-0.2, -0.15) is 0 Å². The van der Waals surface area contributed by atoms with E-state index in [0.29, 0.717) is 25.6 Å². The van der Waals surface area contributed by atoms with Crippen LogP contribution in [0.2, 0.25) is 0 Å². The number of hydrogen-bond donors (Lipinski definition) is 3. The second kappa shape index (κ2) is 6.34. The molecule has 1 fully saturated rings. The maximum absolute atomic E-state index is 9.51. The summed E-state index contributed by atoms with van der Waals surface area (Å²) in [6, 6.07) is -0.0806. The van der Waals surface area contributed by atoms with E-state index < -0.39 is 0 Å². The van der Waals surface area contributed by atoms with Crippen molar-refractivity contribution in [1.29, 1.82) is 0 Å². The topological polar surface area (TPSA) is 96.5 Å². The first-order chi connectivity index (χ1) is 9.58. The Morgan fingerprint density at radius 3 is 2.85 bits per heavy atom. The Morgan fingerprint density at radius 1 is 1.50 bits per heavy atom. The van der Waals surface area contributed by atoms with Crippen molar-refractivity contribution >= 4 is 11.6 Å². The molecule has 1 atom stereocenters. The number of aliphatic hydroxyl groups excluding tert-OH is 1. The van der Waals surface area contributed by atoms with Crippen LogP contribution in [0, 0.1) is 6.92 Å². The molecule has 1 aromatic rings. The molecule has 1 aromatic heterocycles. The zero-order chi connectivity index (χ0) is 14.7. The van der Waals surface area contributed by atoms with E-state index in [4.69, 9.17) is 10.6 Å². The lowest BCUT2D eigenvalue weighted by atomic mass is 10.1. The maximum Gasteiger partial charge on any atom is 0.148 e. The van der Waals surface area contributed by atoms with E-state index in [1.54, 1.807) is 0 Å². The van der Waals surface area contributed by atoms with E-state index in [1.807, 2.05) is 20.8 Å². The molecular weight excluding hydrogens is 258 g/mol. The first-order valence-electron chi connectivity index (χ1n) is 6.88. The summed E-state index contributed by atoms with van der Waals surface area (Å²) >= 11 is 0. The quantitative estimate of drug-likeness (QED) is 0.542. The van der Waals surface area contributed by atoms with Gasteiger partial charge in [0.2, 0.25) is 0 Å². The number of nitrogens with two attached hydrogens (primary N) is 1. The van der Waals surface area contributed by atoms with Crippen molar-refractivity contribution in [3.63, 3.8) is 0 Å². The number of anilines is 2. The summed E-state index contributed by atoms with van der Waals surface area (Å²) in [7, 11) is 0. The summed E-state index contributed by atoms with van der Waals surface area (Å²) in [5.74, 6) is 7.94. The molecule has 1 saturated heterocycles. The minimum absolute atomic E-state index is 0.0336. The van der Waals surface area contributed by atoms with Crippen LogP contribution in [0.3, 0.4) is 0 Å². The van der Waals surface area contributed by atoms with Gasteiger partial charge in [0, 0.05) is 18.0 Å². The molecule has 7 heteroatoms. The molecular formula is C13H23N5O2. The molecule has 20 heavy (non-hydrogen) atoms. The molecule has 7 nitrogen and oxygen atoms in total. The molecule has 112 valence electrons. The SMILES string of the molecule is Cc1c(NN)nc(C(C)C)nc1N1CCOCC1CO. The van der Waals surface area contributed by atoms with Gasteiger partial charge >= 0.3 is 0 Å². The molecule has 0 aromatic carbocycles. The van der Waals surface area contributed by atoms with E-state index in [0.717, 1.165) is 17.2 Å². The zero-order valence-electron chi connectivity index (χ0n) is 12.3. The lowest BCUT2D eigenvalue weighted by Gasteiger charge is -2.36. The van der Waals surface area contributed by atoms with Crippen LogP contribution in [0.1, 0.15) is 31.2 Å². The van der Waals surface area contributed by atoms with E-state index >= 15 is 0 Å². The van der Waals surface area contributed by atoms with Crippen LogP contribution >= 0.6 is 0 Å². The molecule has 1 aliphatic rings. The molecule has 2 rings (SSSR count). The largest absolute Gasteiger partial charge is 0.394 e. The molecule has 0 saturated carbocycles. The summed E-state index contributed by atoms with van der Waals surface area (Å²) in [5, 5.41) is 9.51. The minimum atomic E-state index is -0.0806. The van der Waals surface area contributed by atoms with Crippen LogP contribution in [0.5, 0.6) is 0 Å². The summed E-state index contributed by atoms with van der Waals surface area (Å²) in [6.07, 6.45) is 0. The summed E-state index contributed by atoms with van der Waals surface area (Å²) < 4.78 is 5.41. The van der Waals surface area contributed by atoms with Crippen molar-refractivity contribution in [1.82, 2.24) is 9.97 Å². The van der Waals surface area contributed by atoms with Crippen LogP contribution < -0.4 is 16.2 Å². The third-order valence-electron chi connectivity index (χ3n) is 3.50. The van der Waals surface area contributed by atoms with Gasteiger partial charge < -0.3 is 20.2 Å². The highest BCUT2D eigenvalue weighted by Crippen LogP contribution is 2.27. The highest BCUT2D eigenvalue weighted by atomic mass is 16.5. The number of morpholine rings is 1. The molecule has 0 amide bonds. The number of hydrazine groups is 1. The fraction of sp³-hybridized carbons (Fsp3) is 0.692. The monoisotopic (exact) mass is 281 g/mol. The molecule has 0 bridgehead atoms. The maximum atomic E-state index is 9.51. The van der Waals surface area contributed by atoms with Gasteiger partial charge in [-0.3, -0.25) is 0 Å². The molecule has 1 aliphatic heterocycles. The number of hydrogen-bond acceptors (Lipinski definition) is 7. The van der Waals surface area contributed by atoms with Crippen molar-refractivity contribution in [3.8, 4) is 0 Å². The van der Waals surface area contributed by atoms with Crippen LogP contribution in [0.4, 0.5) is 11.6 Å². The van der Waals surface area contributed by atoms with Gasteiger partial charge in [0.1, 0.15) is 17.5 Å². The molecule has 0 spiro atoms. The van der Waals surface area contributed by atoms with Gasteiger partial charge in [-0.05, 0) is 6.92 Å². The Morgan fingerprint density at radius 2 is 2.25 bits per heavy atom. The second-order valence-corrected chi connectivity index (χ2v) is 5.28. The van der Waals surface area contributed by atoms with Crippen molar-refractivity contribution < 1.29 is 9.84 Å². The van der Waals surface area contributed by atoms with Crippen LogP contribution in [-0.2, 0) is 4.74 Å². The zero-order valence-corrected chi connectivity index (χ0v) is 12.3. The Balaban J connectivity index is 2.45. The standard InChI is InChI=1S/C13H23N5O2/c1-8(2)11-15-12(17-14)9(3)13(16-11)18-4-5-20-7-10(18)6-19/h8,10,19H,4-7,14H2,1-3H3,(H,15,16,17). The molecule has 1 unspecified atom stereocenters. The molecule has 0 radical (unpaired) electrons. The number of nitrogen functional groups attached to an aromatic ring is 1. The van der Waals surface area contributed by atoms with Gasteiger partial charge in [0.05, 0.1) is 25.9 Å². The van der Waals surface area contributed by atoms with Crippen molar-refractivity contribution in [2.75, 3.05) is 36.7 Å². The predicted molar refractivity (Wildman–Crippen MR) is 77.7 cm³/mol. The second-order valence-electron chi connectivity index (χ2n) is 5.28. The van der Waals surface area contributed by atoms with Crippen molar-refractivity contribution in [2.45, 2.75) is 32.7 Å². The Bertz CT molecular complexity index is 466. The lowest BCUT2D eigenvalue weighted by molar-refractivity contribution is 0.0722. The number of nitrogens with zero attached hydrogens (tertiary/aromatic N) is 3. The Hall–Kier alpha value is -1.44. The van der Waals surface area contributed by atoms with Gasteiger partial charge in [-0.15, -0.1) is 0 Å². The average Bonchev–Trinajstić information content (AvgIpc) is 2.47. The third-order valence-corrected chi connectivity index (χ3v) is 3.50. The summed E-state index contributed by atoms with van der Waals surface area (Å²) in [6.45, 7) is 7.87. The van der Waals surface area contributed by atoms with E-state index in [-0.39, 0.29) is 18.6 Å². The van der Waals surface area contributed by atoms with Crippen LogP contribution in [0.25, 0.3) is 0 Å². The first kappa shape index (κ1) is 15.0. The number of aliphatic hydroxyl groups is 1. The van der Waals surface area contributed by atoms with E-state index in [9.17, 15) is 5.11 Å². The van der Waals surface area contributed by atoms with Crippen LogP contribution in [-0.4, -0.2) is 47.5 Å². The fourth-order valence-electron chi connectivity index (χ4n) is 2.28. The highest BCUT2D eigenvalue weighted by molar-refractivity contribution is 5.59. The third kappa shape index (κ3) is 2.84. The van der Waals surface area contributed by atoms with Crippen LogP contribution in [0.15, 0.2) is 0 Å². The number of ether oxygens (including phenoxy) is 1. The van der Waals surface area contributed by atoms with Gasteiger partial charge in [0.25, 0.3) is 0 Å². The minimum Gasteiger partial charge on any atom is -0.394 e. The number of rotatable bonds is 4. The average molecular weight is 281 g/mol. The smallest absolute Gasteiger partial charge is 0.148 e. The predicted octanol–water partition coefficient (Wildman–Crippen LogP) is 0.392. The van der Waals surface area contributed by atoms with Gasteiger partial charge in [0.15, 0.2) is 0 Å². The van der Waals surface area contributed by atoms with Crippen molar-refractivity contribution in [3.05, 3.63) is 11.4 Å². The molecule has 0 aliphatic carbocycles. The number of nitrogens with one attached hydrogen (secondary N) is 1. The first-order valence-corrected chi connectivity index (χ1v) is 6.88. The fourth-order valence-corrected chi connectivity index (χ4v) is 2.28. The Labute approximate surface area is 119 Å². The van der Waals surface area contributed by atoms with E-state index in [1.165, 1.54) is 0 Å². The lowest BCUT2D eigenvalue weighted by Crippen LogP contribution is -2.48. The van der Waals surface area contributed by atoms with E-state index in [2.05, 4.69) is 20.3 Å². The number of aromatic nitrogens is 2. The Kier molecular flexibility index (Phi) is 4.74. The van der Waals surface area contributed by atoms with Gasteiger partial charge in [-0.1, -0.05) is 13.8 Å². The molecule has 2 heterocycles. The highest BCUT2D eigenvalue weighted by Gasteiger charge is 2.26. The summed E-state index contributed by atoms with van der Waals surface area (Å²) in [5.41, 5.74) is 3.52.